The van der Waals surface area contributed by atoms with Gasteiger partial charge >= 0.3 is 0 Å². The molecule has 1 saturated heterocycles. The third kappa shape index (κ3) is 3.60. The standard InChI is InChI=1S/C13H18ClNO2/c1-16-13-3-2-10(7-12(13)14)6-11-8-15-4-5-17-9-11/h2-3,7,11,15H,4-6,8-9H2,1H3. The van der Waals surface area contributed by atoms with Gasteiger partial charge in [-0.05, 0) is 30.0 Å². The summed E-state index contributed by atoms with van der Waals surface area (Å²) < 4.78 is 10.7. The van der Waals surface area contributed by atoms with E-state index in [4.69, 9.17) is 21.1 Å². The van der Waals surface area contributed by atoms with Crippen molar-refractivity contribution in [1.29, 1.82) is 0 Å². The SMILES string of the molecule is COc1ccc(CC2CNCCOC2)cc1Cl. The summed E-state index contributed by atoms with van der Waals surface area (Å²) in [5, 5.41) is 4.05. The lowest BCUT2D eigenvalue weighted by atomic mass is 10.00. The Morgan fingerprint density at radius 1 is 1.53 bits per heavy atom. The molecule has 0 spiro atoms. The Morgan fingerprint density at radius 2 is 2.41 bits per heavy atom. The van der Waals surface area contributed by atoms with Crippen molar-refractivity contribution in [3.63, 3.8) is 0 Å². The van der Waals surface area contributed by atoms with Crippen LogP contribution >= 0.6 is 11.6 Å². The molecule has 1 atom stereocenters. The summed E-state index contributed by atoms with van der Waals surface area (Å²) in [6.07, 6.45) is 0.983. The average Bonchev–Trinajstić information content (AvgIpc) is 2.58. The van der Waals surface area contributed by atoms with E-state index in [9.17, 15) is 0 Å². The molecular weight excluding hydrogens is 238 g/mol. The molecule has 1 heterocycles. The summed E-state index contributed by atoms with van der Waals surface area (Å²) in [5.41, 5.74) is 1.23. The molecule has 0 amide bonds. The second-order valence-corrected chi connectivity index (χ2v) is 4.73. The highest BCUT2D eigenvalue weighted by atomic mass is 35.5. The van der Waals surface area contributed by atoms with E-state index in [0.717, 1.165) is 38.5 Å². The fraction of sp³-hybridized carbons (Fsp3) is 0.538. The molecule has 0 bridgehead atoms. The Balaban J connectivity index is 1.99. The van der Waals surface area contributed by atoms with Crippen LogP contribution < -0.4 is 10.1 Å². The van der Waals surface area contributed by atoms with Gasteiger partial charge in [0.05, 0.1) is 25.3 Å². The van der Waals surface area contributed by atoms with Crippen molar-refractivity contribution in [1.82, 2.24) is 5.32 Å². The van der Waals surface area contributed by atoms with Crippen LogP contribution in [0.25, 0.3) is 0 Å². The van der Waals surface area contributed by atoms with Gasteiger partial charge in [-0.25, -0.2) is 0 Å². The van der Waals surface area contributed by atoms with Crippen LogP contribution in [0.2, 0.25) is 5.02 Å². The Hall–Kier alpha value is -0.770. The zero-order valence-electron chi connectivity index (χ0n) is 10.0. The molecule has 0 saturated carbocycles. The Kier molecular flexibility index (Phi) is 4.66. The van der Waals surface area contributed by atoms with Gasteiger partial charge in [-0.2, -0.15) is 0 Å². The van der Waals surface area contributed by atoms with Crippen LogP contribution in [0, 0.1) is 5.92 Å². The van der Waals surface area contributed by atoms with E-state index >= 15 is 0 Å². The van der Waals surface area contributed by atoms with E-state index in [2.05, 4.69) is 11.4 Å². The van der Waals surface area contributed by atoms with Gasteiger partial charge in [0.15, 0.2) is 0 Å². The molecule has 1 aliphatic heterocycles. The molecule has 1 unspecified atom stereocenters. The lowest BCUT2D eigenvalue weighted by Gasteiger charge is -2.14. The first kappa shape index (κ1) is 12.7. The number of ether oxygens (including phenoxy) is 2. The molecule has 0 aromatic heterocycles. The van der Waals surface area contributed by atoms with E-state index in [1.807, 2.05) is 12.1 Å². The fourth-order valence-corrected chi connectivity index (χ4v) is 2.34. The van der Waals surface area contributed by atoms with Gasteiger partial charge in [-0.15, -0.1) is 0 Å². The van der Waals surface area contributed by atoms with E-state index in [-0.39, 0.29) is 0 Å². The van der Waals surface area contributed by atoms with Crippen LogP contribution in [0.3, 0.4) is 0 Å². The zero-order valence-corrected chi connectivity index (χ0v) is 10.8. The number of rotatable bonds is 3. The molecule has 1 aliphatic rings. The summed E-state index contributed by atoms with van der Waals surface area (Å²) >= 11 is 6.11. The largest absolute Gasteiger partial charge is 0.495 e. The monoisotopic (exact) mass is 255 g/mol. The molecule has 17 heavy (non-hydrogen) atoms. The van der Waals surface area contributed by atoms with E-state index in [0.29, 0.717) is 10.9 Å². The molecular formula is C13H18ClNO2. The fourth-order valence-electron chi connectivity index (χ4n) is 2.06. The van der Waals surface area contributed by atoms with Crippen molar-refractivity contribution in [2.24, 2.45) is 5.92 Å². The van der Waals surface area contributed by atoms with E-state index < -0.39 is 0 Å². The summed E-state index contributed by atoms with van der Waals surface area (Å²) in [4.78, 5) is 0. The zero-order chi connectivity index (χ0) is 12.1. The van der Waals surface area contributed by atoms with Gasteiger partial charge in [0.25, 0.3) is 0 Å². The van der Waals surface area contributed by atoms with Gasteiger partial charge in [-0.1, -0.05) is 17.7 Å². The Labute approximate surface area is 107 Å². The number of nitrogens with one attached hydrogen (secondary N) is 1. The minimum absolute atomic E-state index is 0.516. The Bertz CT molecular complexity index is 362. The van der Waals surface area contributed by atoms with E-state index in [1.54, 1.807) is 7.11 Å². The predicted molar refractivity (Wildman–Crippen MR) is 68.9 cm³/mol. The first-order valence-corrected chi connectivity index (χ1v) is 6.28. The van der Waals surface area contributed by atoms with Crippen LogP contribution in [0.5, 0.6) is 5.75 Å². The molecule has 1 fully saturated rings. The molecule has 0 aliphatic carbocycles. The Morgan fingerprint density at radius 3 is 3.18 bits per heavy atom. The maximum Gasteiger partial charge on any atom is 0.137 e. The van der Waals surface area contributed by atoms with Gasteiger partial charge < -0.3 is 14.8 Å². The molecule has 94 valence electrons. The summed E-state index contributed by atoms with van der Waals surface area (Å²) in [5.74, 6) is 1.24. The average molecular weight is 256 g/mol. The third-order valence-corrected chi connectivity index (χ3v) is 3.25. The third-order valence-electron chi connectivity index (χ3n) is 2.95. The normalized spacial score (nSPS) is 20.9. The topological polar surface area (TPSA) is 30.5 Å². The molecule has 2 rings (SSSR count). The predicted octanol–water partition coefficient (Wildman–Crippen LogP) is 2.13. The maximum atomic E-state index is 6.11. The summed E-state index contributed by atoms with van der Waals surface area (Å²) in [7, 11) is 1.63. The molecule has 1 N–H and O–H groups in total. The van der Waals surface area contributed by atoms with Crippen molar-refractivity contribution in [3.05, 3.63) is 28.8 Å². The van der Waals surface area contributed by atoms with Gasteiger partial charge in [-0.3, -0.25) is 0 Å². The van der Waals surface area contributed by atoms with Crippen LogP contribution in [0.15, 0.2) is 18.2 Å². The highest BCUT2D eigenvalue weighted by Crippen LogP contribution is 2.26. The van der Waals surface area contributed by atoms with Crippen molar-refractivity contribution in [2.75, 3.05) is 33.4 Å². The molecule has 4 heteroatoms. The van der Waals surface area contributed by atoms with Crippen molar-refractivity contribution in [3.8, 4) is 5.75 Å². The quantitative estimate of drug-likeness (QED) is 0.898. The lowest BCUT2D eigenvalue weighted by Crippen LogP contribution is -2.24. The van der Waals surface area contributed by atoms with Crippen LogP contribution in [-0.4, -0.2) is 33.4 Å². The summed E-state index contributed by atoms with van der Waals surface area (Å²) in [6, 6.07) is 5.96. The number of benzene rings is 1. The van der Waals surface area contributed by atoms with Crippen molar-refractivity contribution < 1.29 is 9.47 Å². The molecule has 1 aromatic carbocycles. The number of hydrogen-bond acceptors (Lipinski definition) is 3. The molecule has 0 radical (unpaired) electrons. The van der Waals surface area contributed by atoms with Crippen molar-refractivity contribution in [2.45, 2.75) is 6.42 Å². The smallest absolute Gasteiger partial charge is 0.137 e. The van der Waals surface area contributed by atoms with Crippen molar-refractivity contribution >= 4 is 11.6 Å². The maximum absolute atomic E-state index is 6.11. The summed E-state index contributed by atoms with van der Waals surface area (Å²) in [6.45, 7) is 3.57. The number of methoxy groups -OCH3 is 1. The lowest BCUT2D eigenvalue weighted by molar-refractivity contribution is 0.123. The number of hydrogen-bond donors (Lipinski definition) is 1. The number of halogens is 1. The van der Waals surface area contributed by atoms with Gasteiger partial charge in [0.2, 0.25) is 0 Å². The first-order chi connectivity index (χ1) is 8.29. The van der Waals surface area contributed by atoms with Crippen LogP contribution in [0.1, 0.15) is 5.56 Å². The van der Waals surface area contributed by atoms with Gasteiger partial charge in [0.1, 0.15) is 5.75 Å². The second-order valence-electron chi connectivity index (χ2n) is 4.32. The van der Waals surface area contributed by atoms with Crippen LogP contribution in [-0.2, 0) is 11.2 Å². The highest BCUT2D eigenvalue weighted by Gasteiger charge is 2.13. The first-order valence-electron chi connectivity index (χ1n) is 5.90. The minimum Gasteiger partial charge on any atom is -0.495 e. The highest BCUT2D eigenvalue weighted by molar-refractivity contribution is 6.32. The van der Waals surface area contributed by atoms with Gasteiger partial charge in [0, 0.05) is 13.1 Å². The minimum atomic E-state index is 0.516. The van der Waals surface area contributed by atoms with Crippen LogP contribution in [0.4, 0.5) is 0 Å². The second kappa shape index (κ2) is 6.24. The van der Waals surface area contributed by atoms with E-state index in [1.165, 1.54) is 5.56 Å². The molecule has 3 nitrogen and oxygen atoms in total. The molecule has 1 aromatic rings.